The van der Waals surface area contributed by atoms with E-state index in [2.05, 4.69) is 30.2 Å². The molecule has 0 saturated heterocycles. The third-order valence-corrected chi connectivity index (χ3v) is 2.00. The number of nitrogens with zero attached hydrogens (tertiary/aromatic N) is 3. The lowest BCUT2D eigenvalue weighted by atomic mass is 10.6. The fraction of sp³-hybridized carbons (Fsp3) is 0.167. The Morgan fingerprint density at radius 1 is 1.40 bits per heavy atom. The van der Waals surface area contributed by atoms with E-state index in [9.17, 15) is 8.42 Å². The number of anilines is 1. The number of imidazole rings is 1. The molecule has 0 aliphatic carbocycles. The third kappa shape index (κ3) is 2.39. The minimum Gasteiger partial charge on any atom is -0.342 e. The van der Waals surface area contributed by atoms with Crippen LogP contribution in [0.4, 0.5) is 5.95 Å². The highest BCUT2D eigenvalue weighted by Crippen LogP contribution is 2.05. The predicted octanol–water partition coefficient (Wildman–Crippen LogP) is -0.771. The van der Waals surface area contributed by atoms with E-state index in [1.807, 2.05) is 0 Å². The van der Waals surface area contributed by atoms with Crippen molar-refractivity contribution < 1.29 is 8.42 Å². The average molecular weight is 228 g/mol. The van der Waals surface area contributed by atoms with Crippen LogP contribution in [0.5, 0.6) is 0 Å². The summed E-state index contributed by atoms with van der Waals surface area (Å²) in [6, 6.07) is 0. The predicted molar refractivity (Wildman–Crippen MR) is 53.3 cm³/mol. The van der Waals surface area contributed by atoms with Gasteiger partial charge in [0.05, 0.1) is 18.8 Å². The van der Waals surface area contributed by atoms with Crippen LogP contribution in [0.2, 0.25) is 0 Å². The first-order valence-electron chi connectivity index (χ1n) is 3.93. The molecule has 0 saturated carbocycles. The van der Waals surface area contributed by atoms with Crippen LogP contribution < -0.4 is 10.3 Å². The van der Waals surface area contributed by atoms with Crippen LogP contribution in [0.25, 0.3) is 11.2 Å². The van der Waals surface area contributed by atoms with Crippen molar-refractivity contribution in [2.24, 2.45) is 0 Å². The molecule has 8 nitrogen and oxygen atoms in total. The van der Waals surface area contributed by atoms with Gasteiger partial charge in [-0.25, -0.2) is 18.4 Å². The highest BCUT2D eigenvalue weighted by molar-refractivity contribution is 7.88. The first-order chi connectivity index (χ1) is 7.04. The minimum atomic E-state index is -3.33. The Bertz CT molecular complexity index is 576. The molecule has 15 heavy (non-hydrogen) atoms. The number of H-pyrrole nitrogens is 1. The lowest BCUT2D eigenvalue weighted by Crippen LogP contribution is -2.29. The van der Waals surface area contributed by atoms with Gasteiger partial charge in [0.15, 0.2) is 5.65 Å². The van der Waals surface area contributed by atoms with Crippen molar-refractivity contribution >= 4 is 27.1 Å². The summed E-state index contributed by atoms with van der Waals surface area (Å²) in [5.74, 6) is 0.139. The van der Waals surface area contributed by atoms with Crippen LogP contribution in [0, 0.1) is 0 Å². The second-order valence-electron chi connectivity index (χ2n) is 2.83. The Morgan fingerprint density at radius 2 is 2.20 bits per heavy atom. The molecule has 0 aliphatic rings. The summed E-state index contributed by atoms with van der Waals surface area (Å²) >= 11 is 0. The van der Waals surface area contributed by atoms with Crippen molar-refractivity contribution in [1.82, 2.24) is 24.8 Å². The number of hydrazine groups is 1. The summed E-state index contributed by atoms with van der Waals surface area (Å²) in [5, 5.41) is 0. The molecule has 2 heterocycles. The second-order valence-corrected chi connectivity index (χ2v) is 4.58. The maximum Gasteiger partial charge on any atom is 0.240 e. The largest absolute Gasteiger partial charge is 0.342 e. The van der Waals surface area contributed by atoms with E-state index in [1.54, 1.807) is 0 Å². The van der Waals surface area contributed by atoms with Crippen molar-refractivity contribution in [2.75, 3.05) is 11.7 Å². The Balaban J connectivity index is 2.21. The van der Waals surface area contributed by atoms with Crippen molar-refractivity contribution in [1.29, 1.82) is 0 Å². The maximum atomic E-state index is 10.8. The van der Waals surface area contributed by atoms with Gasteiger partial charge in [-0.05, 0) is 0 Å². The highest BCUT2D eigenvalue weighted by Gasteiger charge is 2.03. The molecule has 0 aliphatic heterocycles. The van der Waals surface area contributed by atoms with Gasteiger partial charge in [-0.1, -0.05) is 0 Å². The molecule has 0 fully saturated rings. The van der Waals surface area contributed by atoms with Crippen molar-refractivity contribution in [3.05, 3.63) is 12.5 Å². The van der Waals surface area contributed by atoms with E-state index < -0.39 is 10.0 Å². The van der Waals surface area contributed by atoms with Crippen molar-refractivity contribution in [3.63, 3.8) is 0 Å². The summed E-state index contributed by atoms with van der Waals surface area (Å²) in [4.78, 5) is 16.6. The van der Waals surface area contributed by atoms with Gasteiger partial charge < -0.3 is 4.98 Å². The first-order valence-corrected chi connectivity index (χ1v) is 5.83. The van der Waals surface area contributed by atoms with Gasteiger partial charge >= 0.3 is 0 Å². The molecule has 0 unspecified atom stereocenters. The number of fused-ring (bicyclic) bond motifs is 1. The number of nitrogens with one attached hydrogen (secondary N) is 3. The van der Waals surface area contributed by atoms with Crippen molar-refractivity contribution in [3.8, 4) is 0 Å². The fourth-order valence-corrected chi connectivity index (χ4v) is 1.21. The molecule has 0 spiro atoms. The monoisotopic (exact) mass is 228 g/mol. The van der Waals surface area contributed by atoms with Gasteiger partial charge in [0.1, 0.15) is 5.52 Å². The van der Waals surface area contributed by atoms with Crippen LogP contribution in [0.1, 0.15) is 0 Å². The molecular formula is C6H8N6O2S. The highest BCUT2D eigenvalue weighted by atomic mass is 32.2. The molecule has 3 N–H and O–H groups in total. The number of hydrogen-bond acceptors (Lipinski definition) is 6. The normalized spacial score (nSPS) is 11.8. The first kappa shape index (κ1) is 9.80. The van der Waals surface area contributed by atoms with E-state index in [4.69, 9.17) is 0 Å². The number of aromatic nitrogens is 4. The maximum absolute atomic E-state index is 10.8. The summed E-state index contributed by atoms with van der Waals surface area (Å²) in [6.45, 7) is 0. The van der Waals surface area contributed by atoms with Crippen LogP contribution in [-0.2, 0) is 10.0 Å². The van der Waals surface area contributed by atoms with Crippen LogP contribution in [0.3, 0.4) is 0 Å². The summed E-state index contributed by atoms with van der Waals surface area (Å²) < 4.78 is 21.5. The number of rotatable bonds is 3. The Labute approximate surface area is 85.2 Å². The molecule has 0 bridgehead atoms. The van der Waals surface area contributed by atoms with Crippen LogP contribution in [-0.4, -0.2) is 34.6 Å². The van der Waals surface area contributed by atoms with E-state index in [-0.39, 0.29) is 5.95 Å². The van der Waals surface area contributed by atoms with Crippen molar-refractivity contribution in [2.45, 2.75) is 0 Å². The minimum absolute atomic E-state index is 0.139. The summed E-state index contributed by atoms with van der Waals surface area (Å²) in [6.07, 6.45) is 4.00. The molecule has 9 heteroatoms. The molecule has 2 rings (SSSR count). The lowest BCUT2D eigenvalue weighted by molar-refractivity contribution is 0.593. The SMILES string of the molecule is CS(=O)(=O)NNc1ncc2[nH]cnc2n1. The molecule has 2 aromatic rings. The summed E-state index contributed by atoms with van der Waals surface area (Å²) in [7, 11) is -3.33. The molecule has 0 aromatic carbocycles. The number of hydrogen-bond donors (Lipinski definition) is 3. The molecular weight excluding hydrogens is 220 g/mol. The van der Waals surface area contributed by atoms with E-state index in [0.29, 0.717) is 11.2 Å². The zero-order valence-corrected chi connectivity index (χ0v) is 8.54. The second kappa shape index (κ2) is 3.44. The summed E-state index contributed by atoms with van der Waals surface area (Å²) in [5.41, 5.74) is 3.49. The van der Waals surface area contributed by atoms with Gasteiger partial charge in [0.25, 0.3) is 0 Å². The van der Waals surface area contributed by atoms with Crippen LogP contribution in [0.15, 0.2) is 12.5 Å². The number of aromatic amines is 1. The fourth-order valence-electron chi connectivity index (χ4n) is 0.935. The van der Waals surface area contributed by atoms with Gasteiger partial charge in [-0.3, -0.25) is 5.43 Å². The Hall–Kier alpha value is -1.74. The van der Waals surface area contributed by atoms with Gasteiger partial charge in [-0.15, -0.1) is 4.83 Å². The molecule has 80 valence electrons. The van der Waals surface area contributed by atoms with Crippen LogP contribution >= 0.6 is 0 Å². The molecule has 0 amide bonds. The molecule has 0 atom stereocenters. The quantitative estimate of drug-likeness (QED) is 0.594. The number of sulfonamides is 1. The smallest absolute Gasteiger partial charge is 0.240 e. The van der Waals surface area contributed by atoms with E-state index in [0.717, 1.165) is 6.26 Å². The van der Waals surface area contributed by atoms with E-state index >= 15 is 0 Å². The molecule has 0 radical (unpaired) electrons. The Kier molecular flexibility index (Phi) is 2.25. The van der Waals surface area contributed by atoms with Gasteiger partial charge in [-0.2, -0.15) is 4.98 Å². The lowest BCUT2D eigenvalue weighted by Gasteiger charge is -2.03. The standard InChI is InChI=1S/C6H8N6O2S/c1-15(13,14)12-11-6-7-2-4-5(10-6)9-3-8-4/h2-3,12H,1H3,(H2,7,8,9,10,11). The van der Waals surface area contributed by atoms with E-state index in [1.165, 1.54) is 12.5 Å². The topological polar surface area (TPSA) is 113 Å². The zero-order valence-electron chi connectivity index (χ0n) is 7.72. The Morgan fingerprint density at radius 3 is 2.93 bits per heavy atom. The van der Waals surface area contributed by atoms with Gasteiger partial charge in [0, 0.05) is 0 Å². The molecule has 2 aromatic heterocycles. The van der Waals surface area contributed by atoms with Gasteiger partial charge in [0.2, 0.25) is 16.0 Å². The zero-order chi connectivity index (χ0) is 10.9. The third-order valence-electron chi connectivity index (χ3n) is 1.52. The average Bonchev–Trinajstić information content (AvgIpc) is 2.60.